The van der Waals surface area contributed by atoms with Crippen LogP contribution < -0.4 is 10.7 Å². The Bertz CT molecular complexity index is 795. The number of halogens is 2. The van der Waals surface area contributed by atoms with E-state index in [2.05, 4.69) is 15.8 Å². The molecule has 0 bridgehead atoms. The first-order valence-electron chi connectivity index (χ1n) is 7.33. The summed E-state index contributed by atoms with van der Waals surface area (Å²) in [5, 5.41) is 8.04. The Kier molecular flexibility index (Phi) is 7.18. The first-order chi connectivity index (χ1) is 12.0. The fourth-order valence-electron chi connectivity index (χ4n) is 1.78. The fourth-order valence-corrected chi connectivity index (χ4v) is 2.33. The van der Waals surface area contributed by atoms with Crippen LogP contribution in [0.25, 0.3) is 0 Å². The maximum Gasteiger partial charge on any atom is 0.361 e. The molecule has 2 aromatic carbocycles. The van der Waals surface area contributed by atoms with Gasteiger partial charge >= 0.3 is 5.97 Å². The Morgan fingerprint density at radius 3 is 2.48 bits per heavy atom. The molecule has 0 saturated carbocycles. The molecule has 25 heavy (non-hydrogen) atoms. The molecule has 0 aliphatic rings. The normalized spacial score (nSPS) is 10.9. The number of ether oxygens (including phenoxy) is 1. The van der Waals surface area contributed by atoms with Crippen molar-refractivity contribution >= 4 is 63.5 Å². The van der Waals surface area contributed by atoms with E-state index in [0.717, 1.165) is 0 Å². The Morgan fingerprint density at radius 1 is 1.16 bits per heavy atom. The van der Waals surface area contributed by atoms with Crippen LogP contribution in [0.5, 0.6) is 0 Å². The molecular formula is C17H15Cl2N3O2S. The number of hydrogen-bond acceptors (Lipinski definition) is 5. The SMILES string of the molecule is CCOC(=O)/C(=N\Nc1ccc(Cl)cc1)C(=S)Nc1ccccc1Cl. The van der Waals surface area contributed by atoms with Gasteiger partial charge in [0, 0.05) is 5.02 Å². The van der Waals surface area contributed by atoms with Crippen LogP contribution >= 0.6 is 35.4 Å². The summed E-state index contributed by atoms with van der Waals surface area (Å²) in [5.41, 5.74) is 3.91. The van der Waals surface area contributed by atoms with E-state index in [1.165, 1.54) is 0 Å². The maximum atomic E-state index is 12.2. The lowest BCUT2D eigenvalue weighted by atomic mass is 10.3. The summed E-state index contributed by atoms with van der Waals surface area (Å²) in [4.78, 5) is 12.3. The van der Waals surface area contributed by atoms with E-state index in [0.29, 0.717) is 21.4 Å². The number of hydrogen-bond donors (Lipinski definition) is 2. The molecule has 5 nitrogen and oxygen atoms in total. The summed E-state index contributed by atoms with van der Waals surface area (Å²) >= 11 is 17.2. The second-order valence-corrected chi connectivity index (χ2v) is 5.99. The quantitative estimate of drug-likeness (QED) is 0.319. The van der Waals surface area contributed by atoms with Crippen LogP contribution in [0.3, 0.4) is 0 Å². The van der Waals surface area contributed by atoms with Gasteiger partial charge in [-0.05, 0) is 43.3 Å². The fraction of sp³-hybridized carbons (Fsp3) is 0.118. The Hall–Kier alpha value is -2.15. The largest absolute Gasteiger partial charge is 0.461 e. The minimum atomic E-state index is -0.645. The van der Waals surface area contributed by atoms with Gasteiger partial charge in [0.25, 0.3) is 0 Å². The molecule has 2 rings (SSSR count). The van der Waals surface area contributed by atoms with Gasteiger partial charge in [-0.1, -0.05) is 47.6 Å². The molecule has 130 valence electrons. The zero-order valence-corrected chi connectivity index (χ0v) is 15.6. The second kappa shape index (κ2) is 9.36. The van der Waals surface area contributed by atoms with Crippen LogP contribution in [0.2, 0.25) is 10.0 Å². The number of anilines is 2. The van der Waals surface area contributed by atoms with Crippen molar-refractivity contribution in [3.05, 3.63) is 58.6 Å². The van der Waals surface area contributed by atoms with Crippen molar-refractivity contribution in [2.45, 2.75) is 6.92 Å². The molecule has 2 aromatic rings. The van der Waals surface area contributed by atoms with E-state index in [9.17, 15) is 4.79 Å². The third-order valence-electron chi connectivity index (χ3n) is 2.95. The van der Waals surface area contributed by atoms with Crippen LogP contribution in [0.1, 0.15) is 6.92 Å². The summed E-state index contributed by atoms with van der Waals surface area (Å²) in [6.45, 7) is 1.90. The summed E-state index contributed by atoms with van der Waals surface area (Å²) < 4.78 is 5.01. The summed E-state index contributed by atoms with van der Waals surface area (Å²) in [6, 6.07) is 13.9. The molecule has 2 N–H and O–H groups in total. The van der Waals surface area contributed by atoms with Crippen molar-refractivity contribution in [2.75, 3.05) is 17.3 Å². The number of nitrogens with zero attached hydrogens (tertiary/aromatic N) is 1. The van der Waals surface area contributed by atoms with E-state index in [1.54, 1.807) is 55.5 Å². The minimum absolute atomic E-state index is 0.0632. The number of thiocarbonyl (C=S) groups is 1. The van der Waals surface area contributed by atoms with Gasteiger partial charge in [0.2, 0.25) is 5.71 Å². The van der Waals surface area contributed by atoms with E-state index in [4.69, 9.17) is 40.2 Å². The molecule has 0 unspecified atom stereocenters. The van der Waals surface area contributed by atoms with Gasteiger partial charge in [0.05, 0.1) is 23.0 Å². The van der Waals surface area contributed by atoms with Crippen molar-refractivity contribution in [3.63, 3.8) is 0 Å². The van der Waals surface area contributed by atoms with Crippen molar-refractivity contribution in [3.8, 4) is 0 Å². The van der Waals surface area contributed by atoms with E-state index >= 15 is 0 Å². The molecule has 0 aliphatic heterocycles. The average Bonchev–Trinajstić information content (AvgIpc) is 2.59. The lowest BCUT2D eigenvalue weighted by molar-refractivity contribution is -0.134. The molecule has 8 heteroatoms. The molecule has 0 spiro atoms. The zero-order valence-electron chi connectivity index (χ0n) is 13.3. The Morgan fingerprint density at radius 2 is 1.84 bits per heavy atom. The summed E-state index contributed by atoms with van der Waals surface area (Å²) in [6.07, 6.45) is 0. The number of para-hydroxylation sites is 1. The van der Waals surface area contributed by atoms with Gasteiger partial charge in [0.15, 0.2) is 0 Å². The number of carbonyl (C=O) groups is 1. The molecular weight excluding hydrogens is 381 g/mol. The third-order valence-corrected chi connectivity index (χ3v) is 3.82. The number of esters is 1. The molecule has 0 saturated heterocycles. The standard InChI is InChI=1S/C17H15Cl2N3O2S/c1-2-24-17(23)15(22-21-12-9-7-11(18)8-10-12)16(25)20-14-6-4-3-5-13(14)19/h3-10,21H,2H2,1H3,(H,20,25)/b22-15-. The topological polar surface area (TPSA) is 62.7 Å². The van der Waals surface area contributed by atoms with E-state index < -0.39 is 5.97 Å². The highest BCUT2D eigenvalue weighted by molar-refractivity contribution is 7.82. The van der Waals surface area contributed by atoms with Crippen LogP contribution in [-0.4, -0.2) is 23.3 Å². The van der Waals surface area contributed by atoms with Crippen LogP contribution in [-0.2, 0) is 9.53 Å². The Labute approximate surface area is 161 Å². The van der Waals surface area contributed by atoms with Crippen molar-refractivity contribution in [1.82, 2.24) is 0 Å². The molecule has 0 aromatic heterocycles. The highest BCUT2D eigenvalue weighted by Gasteiger charge is 2.19. The van der Waals surface area contributed by atoms with Crippen molar-refractivity contribution < 1.29 is 9.53 Å². The second-order valence-electron chi connectivity index (χ2n) is 4.73. The van der Waals surface area contributed by atoms with Gasteiger partial charge in [-0.15, -0.1) is 0 Å². The number of hydrazone groups is 1. The van der Waals surface area contributed by atoms with Gasteiger partial charge in [-0.3, -0.25) is 5.43 Å². The Balaban J connectivity index is 2.21. The predicted molar refractivity (Wildman–Crippen MR) is 107 cm³/mol. The minimum Gasteiger partial charge on any atom is -0.461 e. The molecule has 0 amide bonds. The molecule has 0 aliphatic carbocycles. The molecule has 0 atom stereocenters. The lowest BCUT2D eigenvalue weighted by Gasteiger charge is -2.11. The predicted octanol–water partition coefficient (Wildman–Crippen LogP) is 4.76. The number of rotatable bonds is 6. The molecule has 0 fully saturated rings. The smallest absolute Gasteiger partial charge is 0.361 e. The van der Waals surface area contributed by atoms with Crippen molar-refractivity contribution in [2.24, 2.45) is 5.10 Å². The van der Waals surface area contributed by atoms with E-state index in [-0.39, 0.29) is 17.3 Å². The average molecular weight is 396 g/mol. The number of carbonyl (C=O) groups excluding carboxylic acids is 1. The van der Waals surface area contributed by atoms with Gasteiger partial charge in [0.1, 0.15) is 4.99 Å². The van der Waals surface area contributed by atoms with E-state index in [1.807, 2.05) is 0 Å². The van der Waals surface area contributed by atoms with Gasteiger partial charge < -0.3 is 10.1 Å². The summed E-state index contributed by atoms with van der Waals surface area (Å²) in [5.74, 6) is -0.645. The summed E-state index contributed by atoms with van der Waals surface area (Å²) in [7, 11) is 0. The van der Waals surface area contributed by atoms with Crippen LogP contribution in [0.15, 0.2) is 53.6 Å². The van der Waals surface area contributed by atoms with Crippen molar-refractivity contribution in [1.29, 1.82) is 0 Å². The van der Waals surface area contributed by atoms with Gasteiger partial charge in [-0.25, -0.2) is 4.79 Å². The number of benzene rings is 2. The zero-order chi connectivity index (χ0) is 18.2. The third kappa shape index (κ3) is 5.70. The van der Waals surface area contributed by atoms with Crippen LogP contribution in [0.4, 0.5) is 11.4 Å². The number of nitrogens with one attached hydrogen (secondary N) is 2. The lowest BCUT2D eigenvalue weighted by Crippen LogP contribution is -2.31. The van der Waals surface area contributed by atoms with Gasteiger partial charge in [-0.2, -0.15) is 5.10 Å². The monoisotopic (exact) mass is 395 g/mol. The first kappa shape index (κ1) is 19.2. The highest BCUT2D eigenvalue weighted by atomic mass is 35.5. The first-order valence-corrected chi connectivity index (χ1v) is 8.50. The highest BCUT2D eigenvalue weighted by Crippen LogP contribution is 2.20. The van der Waals surface area contributed by atoms with Crippen LogP contribution in [0, 0.1) is 0 Å². The molecule has 0 radical (unpaired) electrons. The maximum absolute atomic E-state index is 12.2. The molecule has 0 heterocycles.